The van der Waals surface area contributed by atoms with Crippen molar-refractivity contribution in [1.29, 1.82) is 0 Å². The Morgan fingerprint density at radius 3 is 2.62 bits per heavy atom. The van der Waals surface area contributed by atoms with Crippen LogP contribution < -0.4 is 0 Å². The lowest BCUT2D eigenvalue weighted by Crippen LogP contribution is -2.35. The normalized spacial score (nSPS) is 24.2. The van der Waals surface area contributed by atoms with E-state index >= 15 is 0 Å². The van der Waals surface area contributed by atoms with Crippen LogP contribution in [0.5, 0.6) is 0 Å². The van der Waals surface area contributed by atoms with Crippen LogP contribution in [0.4, 0.5) is 0 Å². The molecule has 1 aliphatic rings. The number of esters is 1. The summed E-state index contributed by atoms with van der Waals surface area (Å²) < 4.78 is 15.9. The summed E-state index contributed by atoms with van der Waals surface area (Å²) in [5.41, 5.74) is 0. The van der Waals surface area contributed by atoms with Gasteiger partial charge in [0.05, 0.1) is 31.2 Å². The number of Topliss-reactive ketones (excluding diaryl/α,β-unsaturated/α-hetero) is 1. The maximum Gasteiger partial charge on any atom is 0.309 e. The zero-order chi connectivity index (χ0) is 19.5. The van der Waals surface area contributed by atoms with Crippen LogP contribution in [-0.4, -0.2) is 60.3 Å². The lowest BCUT2D eigenvalue weighted by molar-refractivity contribution is -0.161. The number of aliphatic hydroxyl groups is 2. The fourth-order valence-electron chi connectivity index (χ4n) is 2.77. The van der Waals surface area contributed by atoms with E-state index in [1.54, 1.807) is 19.9 Å². The molecule has 1 fully saturated rings. The van der Waals surface area contributed by atoms with Crippen molar-refractivity contribution in [3.05, 3.63) is 12.2 Å². The highest BCUT2D eigenvalue weighted by Gasteiger charge is 2.26. The van der Waals surface area contributed by atoms with Crippen molar-refractivity contribution < 1.29 is 34.0 Å². The van der Waals surface area contributed by atoms with Gasteiger partial charge in [-0.1, -0.05) is 19.1 Å². The maximum atomic E-state index is 12.2. The Hall–Kier alpha value is -1.28. The zero-order valence-electron chi connectivity index (χ0n) is 15.9. The van der Waals surface area contributed by atoms with Crippen molar-refractivity contribution in [2.24, 2.45) is 11.8 Å². The second-order valence-electron chi connectivity index (χ2n) is 6.67. The minimum atomic E-state index is -1.11. The van der Waals surface area contributed by atoms with Gasteiger partial charge in [0.25, 0.3) is 0 Å². The van der Waals surface area contributed by atoms with Crippen molar-refractivity contribution in [2.45, 2.75) is 65.0 Å². The molecule has 0 aromatic heterocycles. The molecule has 0 aliphatic carbocycles. The molecule has 0 amide bonds. The molecule has 2 N–H and O–H groups in total. The molecule has 1 aliphatic heterocycles. The van der Waals surface area contributed by atoms with E-state index in [2.05, 4.69) is 0 Å². The van der Waals surface area contributed by atoms with Gasteiger partial charge in [-0.2, -0.15) is 0 Å². The molecule has 1 saturated heterocycles. The smallest absolute Gasteiger partial charge is 0.309 e. The highest BCUT2D eigenvalue weighted by Crippen LogP contribution is 2.19. The van der Waals surface area contributed by atoms with Gasteiger partial charge in [0.1, 0.15) is 11.9 Å². The summed E-state index contributed by atoms with van der Waals surface area (Å²) in [6.07, 6.45) is 4.01. The first-order chi connectivity index (χ1) is 12.4. The number of carbonyl (C=O) groups is 2. The molecule has 26 heavy (non-hydrogen) atoms. The molecule has 7 heteroatoms. The number of allylic oxidation sites excluding steroid dienone is 2. The number of rotatable bonds is 11. The topological polar surface area (TPSA) is 102 Å². The van der Waals surface area contributed by atoms with Gasteiger partial charge in [-0.3, -0.25) is 9.59 Å². The van der Waals surface area contributed by atoms with E-state index in [0.717, 1.165) is 0 Å². The highest BCUT2D eigenvalue weighted by molar-refractivity contribution is 5.78. The first-order valence-electron chi connectivity index (χ1n) is 9.27. The van der Waals surface area contributed by atoms with Gasteiger partial charge in [-0.25, -0.2) is 0 Å². The van der Waals surface area contributed by atoms with E-state index in [-0.39, 0.29) is 36.5 Å². The van der Waals surface area contributed by atoms with Gasteiger partial charge in [-0.05, 0) is 26.7 Å². The number of hydrogen-bond acceptors (Lipinski definition) is 7. The van der Waals surface area contributed by atoms with Gasteiger partial charge < -0.3 is 24.4 Å². The second kappa shape index (κ2) is 12.2. The van der Waals surface area contributed by atoms with E-state index in [0.29, 0.717) is 38.9 Å². The highest BCUT2D eigenvalue weighted by atomic mass is 16.6. The van der Waals surface area contributed by atoms with E-state index in [4.69, 9.17) is 19.3 Å². The first-order valence-corrected chi connectivity index (χ1v) is 9.27. The minimum absolute atomic E-state index is 0.0722. The molecule has 0 aromatic rings. The molecule has 1 rings (SSSR count). The number of aliphatic hydroxyl groups excluding tert-OH is 2. The van der Waals surface area contributed by atoms with Crippen molar-refractivity contribution in [3.8, 4) is 0 Å². The van der Waals surface area contributed by atoms with Crippen LogP contribution in [0.3, 0.4) is 0 Å². The monoisotopic (exact) mass is 372 g/mol. The molecule has 0 spiro atoms. The summed E-state index contributed by atoms with van der Waals surface area (Å²) in [4.78, 5) is 23.8. The minimum Gasteiger partial charge on any atom is -0.462 e. The van der Waals surface area contributed by atoms with Gasteiger partial charge in [0.15, 0.2) is 6.29 Å². The fourth-order valence-corrected chi connectivity index (χ4v) is 2.77. The molecule has 5 unspecified atom stereocenters. The van der Waals surface area contributed by atoms with E-state index in [1.165, 1.54) is 6.92 Å². The van der Waals surface area contributed by atoms with Crippen LogP contribution in [0.15, 0.2) is 12.2 Å². The van der Waals surface area contributed by atoms with Gasteiger partial charge in [0.2, 0.25) is 0 Å². The van der Waals surface area contributed by atoms with Crippen LogP contribution in [0.2, 0.25) is 0 Å². The van der Waals surface area contributed by atoms with Crippen molar-refractivity contribution in [2.75, 3.05) is 19.8 Å². The summed E-state index contributed by atoms with van der Waals surface area (Å²) in [5, 5.41) is 18.9. The van der Waals surface area contributed by atoms with Crippen molar-refractivity contribution in [3.63, 3.8) is 0 Å². The molecule has 150 valence electrons. The molecule has 0 radical (unpaired) electrons. The Balaban J connectivity index is 2.39. The van der Waals surface area contributed by atoms with Crippen LogP contribution in [-0.2, 0) is 23.8 Å². The summed E-state index contributed by atoms with van der Waals surface area (Å²) in [6, 6.07) is 0. The third kappa shape index (κ3) is 7.95. The summed E-state index contributed by atoms with van der Waals surface area (Å²) >= 11 is 0. The number of hydrogen-bond donors (Lipinski definition) is 2. The fraction of sp³-hybridized carbons (Fsp3) is 0.789. The molecule has 5 atom stereocenters. The molecular formula is C19H32O7. The average Bonchev–Trinajstić information content (AvgIpc) is 2.61. The standard InChI is InChI=1S/C19H32O7/c1-4-24-19(23)17(14(3)21)8-6-5-7-13(2)18(22)26-15-9-10-25-16(11-15)12-20/h5-6,13,15-17,19-20,23H,4,7-12H2,1-3H3. The Morgan fingerprint density at radius 2 is 2.00 bits per heavy atom. The Labute approximate surface area is 155 Å². The number of ketones is 1. The Bertz CT molecular complexity index is 463. The zero-order valence-corrected chi connectivity index (χ0v) is 15.9. The lowest BCUT2D eigenvalue weighted by atomic mass is 9.99. The Morgan fingerprint density at radius 1 is 1.31 bits per heavy atom. The summed E-state index contributed by atoms with van der Waals surface area (Å²) in [7, 11) is 0. The van der Waals surface area contributed by atoms with Crippen LogP contribution in [0.1, 0.15) is 46.5 Å². The molecule has 7 nitrogen and oxygen atoms in total. The predicted molar refractivity (Wildman–Crippen MR) is 95.3 cm³/mol. The predicted octanol–water partition coefficient (Wildman–Crippen LogP) is 1.60. The first kappa shape index (κ1) is 22.8. The van der Waals surface area contributed by atoms with Crippen LogP contribution >= 0.6 is 0 Å². The quantitative estimate of drug-likeness (QED) is 0.323. The number of carbonyl (C=O) groups excluding carboxylic acids is 2. The van der Waals surface area contributed by atoms with E-state index in [9.17, 15) is 14.7 Å². The molecular weight excluding hydrogens is 340 g/mol. The third-order valence-corrected chi connectivity index (χ3v) is 4.46. The van der Waals surface area contributed by atoms with Crippen LogP contribution in [0.25, 0.3) is 0 Å². The summed E-state index contributed by atoms with van der Waals surface area (Å²) in [6.45, 7) is 5.70. The molecule has 0 aromatic carbocycles. The molecule has 1 heterocycles. The van der Waals surface area contributed by atoms with Crippen molar-refractivity contribution in [1.82, 2.24) is 0 Å². The van der Waals surface area contributed by atoms with Gasteiger partial charge in [0, 0.05) is 19.4 Å². The maximum absolute atomic E-state index is 12.2. The molecule has 0 saturated carbocycles. The van der Waals surface area contributed by atoms with Crippen molar-refractivity contribution >= 4 is 11.8 Å². The van der Waals surface area contributed by atoms with Gasteiger partial charge in [-0.15, -0.1) is 0 Å². The summed E-state index contributed by atoms with van der Waals surface area (Å²) in [5.74, 6) is -1.34. The lowest BCUT2D eigenvalue weighted by Gasteiger charge is -2.28. The largest absolute Gasteiger partial charge is 0.462 e. The number of ether oxygens (including phenoxy) is 3. The SMILES string of the molecule is CCOC(O)C(CC=CCC(C)C(=O)OC1CCOC(CO)C1)C(C)=O. The van der Waals surface area contributed by atoms with E-state index in [1.807, 2.05) is 6.08 Å². The van der Waals surface area contributed by atoms with Gasteiger partial charge >= 0.3 is 5.97 Å². The third-order valence-electron chi connectivity index (χ3n) is 4.46. The average molecular weight is 372 g/mol. The van der Waals surface area contributed by atoms with Crippen LogP contribution in [0, 0.1) is 11.8 Å². The Kier molecular flexibility index (Phi) is 10.7. The molecule has 0 bridgehead atoms. The van der Waals surface area contributed by atoms with E-state index < -0.39 is 12.2 Å². The second-order valence-corrected chi connectivity index (χ2v) is 6.67.